The largest absolute Gasteiger partial charge is 0.502 e. The van der Waals surface area contributed by atoms with E-state index in [0.717, 1.165) is 12.3 Å². The van der Waals surface area contributed by atoms with E-state index >= 15 is 0 Å². The molecule has 0 radical (unpaired) electrons. The fourth-order valence-electron chi connectivity index (χ4n) is 2.08. The highest BCUT2D eigenvalue weighted by atomic mass is 79.9. The molecule has 28 heavy (non-hydrogen) atoms. The lowest BCUT2D eigenvalue weighted by Gasteiger charge is -2.06. The van der Waals surface area contributed by atoms with Crippen molar-refractivity contribution in [3.63, 3.8) is 0 Å². The van der Waals surface area contributed by atoms with Gasteiger partial charge in [0.15, 0.2) is 12.4 Å². The molecule has 0 bridgehead atoms. The number of nitrogens with zero attached hydrogens (tertiary/aromatic N) is 3. The quantitative estimate of drug-likeness (QED) is 0.371. The van der Waals surface area contributed by atoms with Gasteiger partial charge in [-0.15, -0.1) is 0 Å². The van der Waals surface area contributed by atoms with Gasteiger partial charge in [0.2, 0.25) is 5.75 Å². The van der Waals surface area contributed by atoms with Crippen LogP contribution in [-0.4, -0.2) is 33.7 Å². The lowest BCUT2D eigenvalue weighted by atomic mass is 10.2. The van der Waals surface area contributed by atoms with Crippen molar-refractivity contribution in [3.05, 3.63) is 66.2 Å². The number of hydrogen-bond acceptors (Lipinski definition) is 8. The molecule has 0 atom stereocenters. The van der Waals surface area contributed by atoms with E-state index in [1.165, 1.54) is 18.2 Å². The van der Waals surface area contributed by atoms with Crippen molar-refractivity contribution >= 4 is 39.4 Å². The molecule has 0 saturated heterocycles. The number of benzene rings is 2. The summed E-state index contributed by atoms with van der Waals surface area (Å²) in [6.07, 6.45) is 1.01. The molecule has 2 N–H and O–H groups in total. The van der Waals surface area contributed by atoms with Crippen molar-refractivity contribution in [2.75, 3.05) is 6.61 Å². The zero-order valence-electron chi connectivity index (χ0n) is 14.3. The highest BCUT2D eigenvalue weighted by molar-refractivity contribution is 9.10. The van der Waals surface area contributed by atoms with E-state index in [1.54, 1.807) is 13.0 Å². The van der Waals surface area contributed by atoms with E-state index in [4.69, 9.17) is 4.74 Å². The van der Waals surface area contributed by atoms with Gasteiger partial charge in [-0.05, 0) is 24.6 Å². The predicted octanol–water partition coefficient (Wildman–Crippen LogP) is 2.81. The van der Waals surface area contributed by atoms with Crippen LogP contribution in [0.5, 0.6) is 11.5 Å². The molecule has 0 aromatic heterocycles. The number of aromatic hydroxyl groups is 1. The predicted molar refractivity (Wildman–Crippen MR) is 102 cm³/mol. The molecule has 0 fully saturated rings. The van der Waals surface area contributed by atoms with Crippen molar-refractivity contribution in [2.45, 2.75) is 6.92 Å². The molecule has 0 aliphatic rings. The summed E-state index contributed by atoms with van der Waals surface area (Å²) in [7, 11) is 0. The maximum atomic E-state index is 11.8. The minimum atomic E-state index is -0.766. The summed E-state index contributed by atoms with van der Waals surface area (Å²) in [6.45, 7) is 1.13. The van der Waals surface area contributed by atoms with Crippen molar-refractivity contribution in [2.24, 2.45) is 5.10 Å². The minimum Gasteiger partial charge on any atom is -0.502 e. The van der Waals surface area contributed by atoms with Crippen molar-refractivity contribution in [1.82, 2.24) is 5.43 Å². The summed E-state index contributed by atoms with van der Waals surface area (Å²) < 4.78 is 5.47. The topological polar surface area (TPSA) is 157 Å². The third kappa shape index (κ3) is 5.23. The van der Waals surface area contributed by atoms with Gasteiger partial charge in [0.1, 0.15) is 0 Å². The van der Waals surface area contributed by atoms with E-state index < -0.39 is 33.8 Å². The Kier molecular flexibility index (Phi) is 6.60. The van der Waals surface area contributed by atoms with E-state index in [1.807, 2.05) is 0 Å². The van der Waals surface area contributed by atoms with E-state index in [0.29, 0.717) is 10.0 Å². The fraction of sp³-hybridized carbons (Fsp3) is 0.125. The van der Waals surface area contributed by atoms with Crippen LogP contribution in [0.25, 0.3) is 0 Å². The van der Waals surface area contributed by atoms with E-state index in [2.05, 4.69) is 26.5 Å². The highest BCUT2D eigenvalue weighted by Gasteiger charge is 2.18. The molecule has 0 saturated carbocycles. The van der Waals surface area contributed by atoms with Crippen LogP contribution in [-0.2, 0) is 4.79 Å². The number of hydrazone groups is 1. The van der Waals surface area contributed by atoms with Crippen LogP contribution in [0.1, 0.15) is 11.1 Å². The molecule has 1 amide bonds. The zero-order valence-corrected chi connectivity index (χ0v) is 15.9. The van der Waals surface area contributed by atoms with E-state index in [-0.39, 0.29) is 17.0 Å². The third-order valence-electron chi connectivity index (χ3n) is 3.34. The average molecular weight is 453 g/mol. The van der Waals surface area contributed by atoms with Crippen LogP contribution in [0.2, 0.25) is 0 Å². The Morgan fingerprint density at radius 3 is 2.57 bits per heavy atom. The van der Waals surface area contributed by atoms with E-state index in [9.17, 15) is 30.1 Å². The number of nitrogens with one attached hydrogen (secondary N) is 1. The molecule has 0 heterocycles. The summed E-state index contributed by atoms with van der Waals surface area (Å²) in [5.74, 6) is -1.41. The monoisotopic (exact) mass is 452 g/mol. The van der Waals surface area contributed by atoms with Gasteiger partial charge < -0.3 is 9.84 Å². The average Bonchev–Trinajstić information content (AvgIpc) is 2.62. The summed E-state index contributed by atoms with van der Waals surface area (Å²) in [5, 5.41) is 35.3. The Morgan fingerprint density at radius 1 is 1.25 bits per heavy atom. The Hall–Kier alpha value is -3.54. The molecule has 146 valence electrons. The molecular formula is C16H13BrN4O7. The highest BCUT2D eigenvalue weighted by Crippen LogP contribution is 2.32. The van der Waals surface area contributed by atoms with Gasteiger partial charge in [-0.2, -0.15) is 5.10 Å². The van der Waals surface area contributed by atoms with Gasteiger partial charge in [-0.25, -0.2) is 5.43 Å². The summed E-state index contributed by atoms with van der Waals surface area (Å²) in [5.41, 5.74) is 1.95. The zero-order chi connectivity index (χ0) is 20.8. The number of halogens is 1. The summed E-state index contributed by atoms with van der Waals surface area (Å²) in [6, 6.07) is 6.77. The molecule has 0 unspecified atom stereocenters. The molecule has 0 aliphatic carbocycles. The number of hydrogen-bond donors (Lipinski definition) is 2. The number of aryl methyl sites for hydroxylation is 1. The Labute approximate surface area is 166 Å². The van der Waals surface area contributed by atoms with Crippen LogP contribution in [0.4, 0.5) is 11.4 Å². The first-order valence-electron chi connectivity index (χ1n) is 7.55. The maximum Gasteiger partial charge on any atom is 0.312 e. The summed E-state index contributed by atoms with van der Waals surface area (Å²) >= 11 is 3.07. The van der Waals surface area contributed by atoms with Gasteiger partial charge in [-0.1, -0.05) is 22.0 Å². The lowest BCUT2D eigenvalue weighted by Crippen LogP contribution is -2.24. The van der Waals surface area contributed by atoms with Gasteiger partial charge in [0.25, 0.3) is 5.91 Å². The molecule has 2 aromatic rings. The third-order valence-corrected chi connectivity index (χ3v) is 3.80. The van der Waals surface area contributed by atoms with Crippen molar-refractivity contribution in [3.8, 4) is 11.5 Å². The normalized spacial score (nSPS) is 10.6. The summed E-state index contributed by atoms with van der Waals surface area (Å²) in [4.78, 5) is 32.3. The first kappa shape index (κ1) is 20.8. The first-order chi connectivity index (χ1) is 13.2. The van der Waals surface area contributed by atoms with Crippen LogP contribution in [0.15, 0.2) is 39.9 Å². The van der Waals surface area contributed by atoms with Crippen LogP contribution in [0, 0.1) is 27.2 Å². The number of ether oxygens (including phenoxy) is 1. The number of nitro benzene ring substituents is 2. The lowest BCUT2D eigenvalue weighted by molar-refractivity contribution is -0.386. The Bertz CT molecular complexity index is 978. The second-order valence-corrected chi connectivity index (χ2v) is 6.35. The van der Waals surface area contributed by atoms with Gasteiger partial charge in [0, 0.05) is 22.2 Å². The van der Waals surface area contributed by atoms with Crippen molar-refractivity contribution in [1.29, 1.82) is 0 Å². The van der Waals surface area contributed by atoms with Crippen LogP contribution >= 0.6 is 15.9 Å². The van der Waals surface area contributed by atoms with Crippen LogP contribution in [0.3, 0.4) is 0 Å². The number of phenolic OH excluding ortho intramolecular Hbond substituents is 1. The second kappa shape index (κ2) is 8.90. The Balaban J connectivity index is 2.02. The number of carbonyl (C=O) groups excluding carboxylic acids is 1. The molecule has 0 spiro atoms. The number of phenols is 1. The fourth-order valence-corrected chi connectivity index (χ4v) is 2.55. The minimum absolute atomic E-state index is 0.00327. The van der Waals surface area contributed by atoms with Crippen molar-refractivity contribution < 1.29 is 24.5 Å². The smallest absolute Gasteiger partial charge is 0.312 e. The molecule has 11 nitrogen and oxygen atoms in total. The molecular weight excluding hydrogens is 440 g/mol. The van der Waals surface area contributed by atoms with Gasteiger partial charge in [0.05, 0.1) is 16.1 Å². The Morgan fingerprint density at radius 2 is 1.93 bits per heavy atom. The van der Waals surface area contributed by atoms with Crippen LogP contribution < -0.4 is 10.2 Å². The molecule has 2 aromatic carbocycles. The molecule has 0 aliphatic heterocycles. The first-order valence-corrected chi connectivity index (χ1v) is 8.35. The standard InChI is InChI=1S/C16H13BrN4O7/c1-9-2-3-14(12(4-9)20(24)25)28-8-15(22)19-18-7-10-5-11(17)6-13(16(10)23)21(26)27/h2-7,23H,8H2,1H3,(H,19,22). The molecule has 12 heteroatoms. The van der Waals surface area contributed by atoms with Gasteiger partial charge >= 0.3 is 11.4 Å². The maximum absolute atomic E-state index is 11.8. The second-order valence-electron chi connectivity index (χ2n) is 5.43. The number of nitro groups is 2. The SMILES string of the molecule is Cc1ccc(OCC(=O)NN=Cc2cc(Br)cc([N+](=O)[O-])c2O)c([N+](=O)[O-])c1. The number of amides is 1. The van der Waals surface area contributed by atoms with Gasteiger partial charge in [-0.3, -0.25) is 25.0 Å². The number of carbonyl (C=O) groups is 1. The molecule has 2 rings (SSSR count). The number of rotatable bonds is 7.